The molecule has 0 fully saturated rings. The second-order valence-corrected chi connectivity index (χ2v) is 18.8. The summed E-state index contributed by atoms with van der Waals surface area (Å²) in [6.45, 7) is 6.47. The summed E-state index contributed by atoms with van der Waals surface area (Å²) in [5.74, 6) is -0.978. The Balaban J connectivity index is 4.38. The number of unbranched alkanes of at least 4 members (excludes halogenated alkanes) is 28. The van der Waals surface area contributed by atoms with E-state index < -0.39 is 6.10 Å². The summed E-state index contributed by atoms with van der Waals surface area (Å²) >= 11 is 0. The summed E-state index contributed by atoms with van der Waals surface area (Å²) in [5.41, 5.74) is 0. The molecule has 0 aliphatic carbocycles. The first-order valence-electron chi connectivity index (χ1n) is 28.4. The van der Waals surface area contributed by atoms with E-state index in [0.717, 1.165) is 70.6 Å². The van der Waals surface area contributed by atoms with Crippen molar-refractivity contribution in [2.75, 3.05) is 13.2 Å². The summed E-state index contributed by atoms with van der Waals surface area (Å²) < 4.78 is 16.8. The predicted molar refractivity (Wildman–Crippen MR) is 288 cm³/mol. The van der Waals surface area contributed by atoms with Crippen molar-refractivity contribution in [3.05, 3.63) is 72.9 Å². The molecule has 67 heavy (non-hydrogen) atoms. The van der Waals surface area contributed by atoms with Gasteiger partial charge in [0.25, 0.3) is 0 Å². The predicted octanol–water partition coefficient (Wildman–Crippen LogP) is 19.0. The van der Waals surface area contributed by atoms with E-state index in [4.69, 9.17) is 14.2 Å². The lowest BCUT2D eigenvalue weighted by Gasteiger charge is -2.18. The summed E-state index contributed by atoms with van der Waals surface area (Å²) in [7, 11) is 0. The molecule has 6 heteroatoms. The van der Waals surface area contributed by atoms with Crippen LogP contribution in [0.25, 0.3) is 0 Å². The third-order valence-electron chi connectivity index (χ3n) is 12.2. The summed E-state index contributed by atoms with van der Waals surface area (Å²) in [5, 5.41) is 0. The molecule has 0 amide bonds. The van der Waals surface area contributed by atoms with Crippen LogP contribution < -0.4 is 0 Å². The Hall–Kier alpha value is -3.15. The Morgan fingerprint density at radius 3 is 1.00 bits per heavy atom. The first kappa shape index (κ1) is 63.8. The van der Waals surface area contributed by atoms with Crippen molar-refractivity contribution in [1.82, 2.24) is 0 Å². The van der Waals surface area contributed by atoms with E-state index >= 15 is 0 Å². The maximum atomic E-state index is 12.8. The molecule has 1 unspecified atom stereocenters. The summed E-state index contributed by atoms with van der Waals surface area (Å²) in [4.78, 5) is 38.1. The van der Waals surface area contributed by atoms with Crippen LogP contribution in [0.1, 0.15) is 278 Å². The van der Waals surface area contributed by atoms with Gasteiger partial charge in [0.2, 0.25) is 0 Å². The quantitative estimate of drug-likeness (QED) is 0.0262. The Labute approximate surface area is 414 Å². The molecule has 0 spiro atoms. The van der Waals surface area contributed by atoms with Gasteiger partial charge >= 0.3 is 17.9 Å². The van der Waals surface area contributed by atoms with Gasteiger partial charge in [-0.15, -0.1) is 0 Å². The van der Waals surface area contributed by atoms with Crippen molar-refractivity contribution in [3.8, 4) is 0 Å². The molecule has 0 saturated carbocycles. The van der Waals surface area contributed by atoms with Crippen LogP contribution >= 0.6 is 0 Å². The maximum Gasteiger partial charge on any atom is 0.306 e. The number of carbonyl (C=O) groups excluding carboxylic acids is 3. The number of hydrogen-bond acceptors (Lipinski definition) is 6. The molecule has 0 bridgehead atoms. The molecule has 0 heterocycles. The standard InChI is InChI=1S/C61H106O6/c1-4-7-10-13-16-19-22-25-27-28-29-30-31-32-34-36-39-42-45-48-51-54-60(63)66-57-58(56-65-59(62)53-50-47-44-41-38-35-24-21-18-15-12-9-6-3)67-61(64)55-52-49-46-43-40-37-33-26-23-20-17-14-11-8-5-2/h9,12,18,21-22,25,28-29,35,38,44,47,58H,4-8,10-11,13-17,19-20,23-24,26-27,30-34,36-37,39-43,45-46,48-57H2,1-3H3/b12-9-,21-18-,25-22-,29-28-,38-35-,47-44-. The Kier molecular flexibility index (Phi) is 52.8. The molecule has 0 aromatic rings. The number of ether oxygens (including phenoxy) is 3. The van der Waals surface area contributed by atoms with E-state index in [1.165, 1.54) is 161 Å². The van der Waals surface area contributed by atoms with Crippen LogP contribution in [0.2, 0.25) is 0 Å². The molecule has 0 aromatic carbocycles. The minimum absolute atomic E-state index is 0.0975. The van der Waals surface area contributed by atoms with Gasteiger partial charge in [0.1, 0.15) is 13.2 Å². The van der Waals surface area contributed by atoms with E-state index in [1.54, 1.807) is 0 Å². The van der Waals surface area contributed by atoms with Crippen LogP contribution in [0.5, 0.6) is 0 Å². The minimum Gasteiger partial charge on any atom is -0.462 e. The van der Waals surface area contributed by atoms with Gasteiger partial charge in [0.15, 0.2) is 6.10 Å². The Bertz CT molecular complexity index is 1260. The third kappa shape index (κ3) is 53.7. The lowest BCUT2D eigenvalue weighted by molar-refractivity contribution is -0.166. The van der Waals surface area contributed by atoms with Crippen LogP contribution in [0, 0.1) is 0 Å². The van der Waals surface area contributed by atoms with E-state index in [2.05, 4.69) is 87.6 Å². The zero-order valence-corrected chi connectivity index (χ0v) is 44.2. The maximum absolute atomic E-state index is 12.8. The second-order valence-electron chi connectivity index (χ2n) is 18.8. The van der Waals surface area contributed by atoms with Crippen molar-refractivity contribution in [3.63, 3.8) is 0 Å². The Morgan fingerprint density at radius 2 is 0.612 bits per heavy atom. The van der Waals surface area contributed by atoms with Crippen molar-refractivity contribution in [2.45, 2.75) is 284 Å². The van der Waals surface area contributed by atoms with Gasteiger partial charge in [0, 0.05) is 19.3 Å². The van der Waals surface area contributed by atoms with E-state index in [1.807, 2.05) is 6.08 Å². The molecule has 0 saturated heterocycles. The van der Waals surface area contributed by atoms with Crippen molar-refractivity contribution in [2.24, 2.45) is 0 Å². The smallest absolute Gasteiger partial charge is 0.306 e. The highest BCUT2D eigenvalue weighted by Crippen LogP contribution is 2.16. The first-order valence-corrected chi connectivity index (χ1v) is 28.4. The molecule has 0 N–H and O–H groups in total. The topological polar surface area (TPSA) is 78.9 Å². The molecular weight excluding hydrogens is 829 g/mol. The Morgan fingerprint density at radius 1 is 0.313 bits per heavy atom. The monoisotopic (exact) mass is 935 g/mol. The molecular formula is C61H106O6. The molecule has 0 aliphatic rings. The van der Waals surface area contributed by atoms with Crippen LogP contribution in [0.15, 0.2) is 72.9 Å². The van der Waals surface area contributed by atoms with Crippen molar-refractivity contribution in [1.29, 1.82) is 0 Å². The van der Waals surface area contributed by atoms with Gasteiger partial charge in [0.05, 0.1) is 0 Å². The lowest BCUT2D eigenvalue weighted by atomic mass is 10.0. The van der Waals surface area contributed by atoms with Crippen LogP contribution in [0.3, 0.4) is 0 Å². The highest BCUT2D eigenvalue weighted by atomic mass is 16.6. The summed E-state index contributed by atoms with van der Waals surface area (Å²) in [6, 6.07) is 0. The molecule has 1 atom stereocenters. The zero-order valence-electron chi connectivity index (χ0n) is 44.2. The average Bonchev–Trinajstić information content (AvgIpc) is 3.33. The largest absolute Gasteiger partial charge is 0.462 e. The van der Waals surface area contributed by atoms with Crippen LogP contribution in [-0.4, -0.2) is 37.2 Å². The number of allylic oxidation sites excluding steroid dienone is 12. The van der Waals surface area contributed by atoms with Gasteiger partial charge in [-0.3, -0.25) is 14.4 Å². The molecule has 0 aromatic heterocycles. The fourth-order valence-electron chi connectivity index (χ4n) is 7.96. The number of esters is 3. The van der Waals surface area contributed by atoms with Gasteiger partial charge < -0.3 is 14.2 Å². The number of hydrogen-bond donors (Lipinski definition) is 0. The fourth-order valence-corrected chi connectivity index (χ4v) is 7.96. The zero-order chi connectivity index (χ0) is 48.6. The summed E-state index contributed by atoms with van der Waals surface area (Å²) in [6.07, 6.45) is 70.5. The van der Waals surface area contributed by atoms with Crippen molar-refractivity contribution < 1.29 is 28.6 Å². The number of carbonyl (C=O) groups is 3. The molecule has 0 radical (unpaired) electrons. The van der Waals surface area contributed by atoms with Crippen molar-refractivity contribution >= 4 is 17.9 Å². The van der Waals surface area contributed by atoms with E-state index in [0.29, 0.717) is 19.3 Å². The van der Waals surface area contributed by atoms with Crippen LogP contribution in [0.4, 0.5) is 0 Å². The van der Waals surface area contributed by atoms with E-state index in [-0.39, 0.29) is 37.5 Å². The fraction of sp³-hybridized carbons (Fsp3) is 0.754. The normalized spacial score (nSPS) is 12.6. The average molecular weight is 936 g/mol. The minimum atomic E-state index is -0.804. The molecule has 386 valence electrons. The van der Waals surface area contributed by atoms with Gasteiger partial charge in [-0.2, -0.15) is 0 Å². The van der Waals surface area contributed by atoms with Gasteiger partial charge in [-0.25, -0.2) is 0 Å². The molecule has 6 nitrogen and oxygen atoms in total. The number of rotatable bonds is 51. The van der Waals surface area contributed by atoms with E-state index in [9.17, 15) is 14.4 Å². The highest BCUT2D eigenvalue weighted by molar-refractivity contribution is 5.71. The van der Waals surface area contributed by atoms with Gasteiger partial charge in [-0.1, -0.05) is 254 Å². The first-order chi connectivity index (χ1) is 33.0. The lowest BCUT2D eigenvalue weighted by Crippen LogP contribution is -2.30. The van der Waals surface area contributed by atoms with Crippen LogP contribution in [-0.2, 0) is 28.6 Å². The second kappa shape index (κ2) is 55.4. The molecule has 0 aliphatic heterocycles. The SMILES string of the molecule is CC/C=C\C/C=C\C/C=C\C/C=C\CCC(=O)OCC(COC(=O)CCCCCCCCCCC/C=C\C/C=C\CCCCCCC)OC(=O)CCCCCCCCCCCCCCCCC. The third-order valence-corrected chi connectivity index (χ3v) is 12.2. The highest BCUT2D eigenvalue weighted by Gasteiger charge is 2.19. The molecule has 0 rings (SSSR count). The van der Waals surface area contributed by atoms with Gasteiger partial charge in [-0.05, 0) is 77.0 Å².